The smallest absolute Gasteiger partial charge is 0.300 e. The Kier molecular flexibility index (Phi) is 23.2. The van der Waals surface area contributed by atoms with Crippen molar-refractivity contribution in [2.75, 3.05) is 39.4 Å². The van der Waals surface area contributed by atoms with Gasteiger partial charge in [0.05, 0.1) is 13.2 Å². The van der Waals surface area contributed by atoms with E-state index >= 15 is 0 Å². The maximum absolute atomic E-state index is 11.9. The second-order valence-electron chi connectivity index (χ2n) is 9.85. The highest BCUT2D eigenvalue weighted by atomic mass is 16.5. The van der Waals surface area contributed by atoms with Crippen LogP contribution in [-0.4, -0.2) is 61.3 Å². The molecule has 6 heteroatoms. The van der Waals surface area contributed by atoms with Gasteiger partial charge in [0.15, 0.2) is 0 Å². The van der Waals surface area contributed by atoms with Gasteiger partial charge in [-0.1, -0.05) is 90.9 Å². The maximum atomic E-state index is 11.9. The van der Waals surface area contributed by atoms with E-state index in [0.29, 0.717) is 6.42 Å². The third-order valence-corrected chi connectivity index (χ3v) is 6.01. The number of morpholine rings is 1. The molecule has 33 heavy (non-hydrogen) atoms. The van der Waals surface area contributed by atoms with Crippen molar-refractivity contribution in [3.63, 3.8) is 0 Å². The molecule has 2 N–H and O–H groups in total. The molecule has 0 aromatic heterocycles. The van der Waals surface area contributed by atoms with Gasteiger partial charge in [0.25, 0.3) is 5.97 Å². The number of amides is 1. The largest absolute Gasteiger partial charge is 0.481 e. The molecule has 0 bridgehead atoms. The van der Waals surface area contributed by atoms with Gasteiger partial charge in [-0.15, -0.1) is 0 Å². The third-order valence-electron chi connectivity index (χ3n) is 6.01. The van der Waals surface area contributed by atoms with Crippen LogP contribution in [0.15, 0.2) is 0 Å². The normalized spacial score (nSPS) is 14.1. The topological polar surface area (TPSA) is 78.9 Å². The summed E-state index contributed by atoms with van der Waals surface area (Å²) in [6.07, 6.45) is 19.4. The molecule has 0 saturated carbocycles. The van der Waals surface area contributed by atoms with Crippen molar-refractivity contribution in [3.05, 3.63) is 0 Å². The van der Waals surface area contributed by atoms with Gasteiger partial charge in [-0.25, -0.2) is 0 Å². The van der Waals surface area contributed by atoms with Gasteiger partial charge in [-0.2, -0.15) is 0 Å². The Labute approximate surface area is 204 Å². The molecule has 0 aliphatic carbocycles. The Morgan fingerprint density at radius 2 is 1.27 bits per heavy atom. The van der Waals surface area contributed by atoms with Crippen LogP contribution in [0, 0.1) is 5.92 Å². The molecule has 0 unspecified atom stereocenters. The molecule has 6 nitrogen and oxygen atoms in total. The fourth-order valence-corrected chi connectivity index (χ4v) is 4.05. The predicted molar refractivity (Wildman–Crippen MR) is 138 cm³/mol. The van der Waals surface area contributed by atoms with Crippen LogP contribution >= 0.6 is 0 Å². The highest BCUT2D eigenvalue weighted by Gasteiger charge is 2.09. The van der Waals surface area contributed by atoms with E-state index in [2.05, 4.69) is 24.1 Å². The van der Waals surface area contributed by atoms with Crippen molar-refractivity contribution in [1.29, 1.82) is 0 Å². The summed E-state index contributed by atoms with van der Waals surface area (Å²) in [7, 11) is 0. The van der Waals surface area contributed by atoms with Gasteiger partial charge in [-0.05, 0) is 25.3 Å². The molecule has 1 fully saturated rings. The van der Waals surface area contributed by atoms with Crippen LogP contribution in [0.5, 0.6) is 0 Å². The second-order valence-corrected chi connectivity index (χ2v) is 9.85. The maximum Gasteiger partial charge on any atom is 0.300 e. The molecule has 1 saturated heterocycles. The molecule has 0 radical (unpaired) electrons. The standard InChI is InChI=1S/C25H50N2O2.C2H4O2/c1-24(2)16-13-11-9-7-5-3-4-6-8-10-12-14-17-25(28)26-18-15-19-27-20-22-29-23-21-27;1-2(3)4/h24H,3-23H2,1-2H3,(H,26,28);1H3,(H,3,4). The quantitative estimate of drug-likeness (QED) is 0.225. The van der Waals surface area contributed by atoms with E-state index in [0.717, 1.165) is 65.1 Å². The van der Waals surface area contributed by atoms with Crippen LogP contribution in [-0.2, 0) is 14.3 Å². The van der Waals surface area contributed by atoms with E-state index in [4.69, 9.17) is 14.6 Å². The number of rotatable bonds is 19. The number of nitrogens with zero attached hydrogens (tertiary/aromatic N) is 1. The number of nitrogens with one attached hydrogen (secondary N) is 1. The molecule has 1 heterocycles. The van der Waals surface area contributed by atoms with Gasteiger partial charge in [-0.3, -0.25) is 14.5 Å². The van der Waals surface area contributed by atoms with Crippen LogP contribution in [0.25, 0.3) is 0 Å². The van der Waals surface area contributed by atoms with Crippen LogP contribution < -0.4 is 5.32 Å². The summed E-state index contributed by atoms with van der Waals surface area (Å²) in [5.74, 6) is 0.273. The third kappa shape index (κ3) is 27.0. The lowest BCUT2D eigenvalue weighted by molar-refractivity contribution is -0.134. The van der Waals surface area contributed by atoms with Gasteiger partial charge < -0.3 is 15.2 Å². The van der Waals surface area contributed by atoms with Crippen molar-refractivity contribution in [2.45, 2.75) is 117 Å². The average molecular weight is 471 g/mol. The Morgan fingerprint density at radius 3 is 1.76 bits per heavy atom. The van der Waals surface area contributed by atoms with E-state index in [1.54, 1.807) is 0 Å². The molecular weight excluding hydrogens is 416 g/mol. The first-order valence-corrected chi connectivity index (χ1v) is 13.7. The highest BCUT2D eigenvalue weighted by molar-refractivity contribution is 5.75. The minimum Gasteiger partial charge on any atom is -0.481 e. The van der Waals surface area contributed by atoms with E-state index in [1.165, 1.54) is 77.0 Å². The molecular formula is C27H54N2O4. The Balaban J connectivity index is 0.00000235. The lowest BCUT2D eigenvalue weighted by Crippen LogP contribution is -2.38. The number of carboxylic acids is 1. The second kappa shape index (κ2) is 24.0. The molecule has 1 rings (SSSR count). The molecule has 0 atom stereocenters. The first kappa shape index (κ1) is 31.9. The van der Waals surface area contributed by atoms with E-state index in [-0.39, 0.29) is 5.91 Å². The Morgan fingerprint density at radius 1 is 0.818 bits per heavy atom. The fourth-order valence-electron chi connectivity index (χ4n) is 4.05. The molecule has 1 aliphatic rings. The van der Waals surface area contributed by atoms with Gasteiger partial charge in [0, 0.05) is 33.0 Å². The molecule has 196 valence electrons. The minimum absolute atomic E-state index is 0.236. The van der Waals surface area contributed by atoms with Crippen molar-refractivity contribution >= 4 is 11.9 Å². The summed E-state index contributed by atoms with van der Waals surface area (Å²) >= 11 is 0. The average Bonchev–Trinajstić information content (AvgIpc) is 2.77. The first-order valence-electron chi connectivity index (χ1n) is 13.7. The van der Waals surface area contributed by atoms with Gasteiger partial charge >= 0.3 is 0 Å². The monoisotopic (exact) mass is 470 g/mol. The summed E-state index contributed by atoms with van der Waals surface area (Å²) in [4.78, 5) is 23.3. The van der Waals surface area contributed by atoms with E-state index in [9.17, 15) is 4.79 Å². The van der Waals surface area contributed by atoms with Crippen LogP contribution in [0.1, 0.15) is 117 Å². The number of ether oxygens (including phenoxy) is 1. The molecule has 1 amide bonds. The number of hydrogen-bond donors (Lipinski definition) is 2. The summed E-state index contributed by atoms with van der Waals surface area (Å²) in [5, 5.41) is 10.5. The van der Waals surface area contributed by atoms with Crippen molar-refractivity contribution in [3.8, 4) is 0 Å². The minimum atomic E-state index is -0.833. The number of unbranched alkanes of at least 4 members (excludes halogenated alkanes) is 11. The molecule has 1 aliphatic heterocycles. The number of carbonyl (C=O) groups is 2. The Bertz CT molecular complexity index is 447. The van der Waals surface area contributed by atoms with Gasteiger partial charge in [0.2, 0.25) is 5.91 Å². The SMILES string of the molecule is CC(=O)O.CC(C)CCCCCCCCCCCCCCC(=O)NCCCN1CCOCC1. The summed E-state index contributed by atoms with van der Waals surface area (Å²) in [6, 6.07) is 0. The Hall–Kier alpha value is -1.14. The van der Waals surface area contributed by atoms with E-state index in [1.807, 2.05) is 0 Å². The summed E-state index contributed by atoms with van der Waals surface area (Å²) in [5.41, 5.74) is 0. The van der Waals surface area contributed by atoms with Crippen LogP contribution in [0.4, 0.5) is 0 Å². The van der Waals surface area contributed by atoms with Crippen molar-refractivity contribution < 1.29 is 19.4 Å². The van der Waals surface area contributed by atoms with E-state index < -0.39 is 5.97 Å². The zero-order valence-electron chi connectivity index (χ0n) is 22.0. The number of carboxylic acid groups (broad SMARTS) is 1. The lowest BCUT2D eigenvalue weighted by Gasteiger charge is -2.26. The number of aliphatic carboxylic acids is 1. The van der Waals surface area contributed by atoms with Gasteiger partial charge in [0.1, 0.15) is 0 Å². The molecule has 0 aromatic carbocycles. The first-order chi connectivity index (χ1) is 15.9. The number of hydrogen-bond acceptors (Lipinski definition) is 4. The van der Waals surface area contributed by atoms with Crippen molar-refractivity contribution in [2.24, 2.45) is 5.92 Å². The van der Waals surface area contributed by atoms with Crippen LogP contribution in [0.3, 0.4) is 0 Å². The lowest BCUT2D eigenvalue weighted by atomic mass is 10.0. The fraction of sp³-hybridized carbons (Fsp3) is 0.926. The van der Waals surface area contributed by atoms with Crippen LogP contribution in [0.2, 0.25) is 0 Å². The zero-order chi connectivity index (χ0) is 24.6. The molecule has 0 aromatic rings. The summed E-state index contributed by atoms with van der Waals surface area (Å²) < 4.78 is 5.35. The summed E-state index contributed by atoms with van der Waals surface area (Å²) in [6.45, 7) is 11.4. The van der Waals surface area contributed by atoms with Crippen molar-refractivity contribution in [1.82, 2.24) is 10.2 Å². The highest BCUT2D eigenvalue weighted by Crippen LogP contribution is 2.14. The zero-order valence-corrected chi connectivity index (χ0v) is 22.0. The number of carbonyl (C=O) groups excluding carboxylic acids is 1. The molecule has 0 spiro atoms. The predicted octanol–water partition coefficient (Wildman–Crippen LogP) is 6.03.